The quantitative estimate of drug-likeness (QED) is 0.0543. The molecular weight excluding hydrogens is 460 g/mol. The van der Waals surface area contributed by atoms with E-state index < -0.39 is 48.4 Å². The number of carboxylic acids is 1. The van der Waals surface area contributed by atoms with E-state index in [0.717, 1.165) is 0 Å². The van der Waals surface area contributed by atoms with E-state index in [-0.39, 0.29) is 43.6 Å². The molecule has 35 heavy (non-hydrogen) atoms. The Morgan fingerprint density at radius 1 is 0.829 bits per heavy atom. The van der Waals surface area contributed by atoms with Crippen molar-refractivity contribution in [1.29, 1.82) is 0 Å². The molecule has 15 nitrogen and oxygen atoms in total. The van der Waals surface area contributed by atoms with E-state index in [1.807, 2.05) is 13.8 Å². The second-order valence-corrected chi connectivity index (χ2v) is 8.37. The van der Waals surface area contributed by atoms with Crippen LogP contribution in [0.5, 0.6) is 0 Å². The number of nitrogens with zero attached hydrogens (tertiary/aromatic N) is 2. The highest BCUT2D eigenvalue weighted by Crippen LogP contribution is 2.05. The predicted octanol–water partition coefficient (Wildman–Crippen LogP) is -3.36. The molecule has 0 spiro atoms. The average Bonchev–Trinajstić information content (AvgIpc) is 2.75. The van der Waals surface area contributed by atoms with Crippen LogP contribution in [0.25, 0.3) is 0 Å². The first-order valence-corrected chi connectivity index (χ1v) is 11.3. The highest BCUT2D eigenvalue weighted by molar-refractivity contribution is 5.92. The summed E-state index contributed by atoms with van der Waals surface area (Å²) in [6, 6.07) is -3.00. The molecule has 0 aliphatic heterocycles. The van der Waals surface area contributed by atoms with Crippen LogP contribution in [0.3, 0.4) is 0 Å². The third-order valence-corrected chi connectivity index (χ3v) is 4.65. The maximum atomic E-state index is 12.7. The third kappa shape index (κ3) is 15.8. The molecule has 0 aromatic carbocycles. The van der Waals surface area contributed by atoms with Gasteiger partial charge in [-0.25, -0.2) is 4.79 Å². The van der Waals surface area contributed by atoms with Crippen LogP contribution in [0.2, 0.25) is 0 Å². The van der Waals surface area contributed by atoms with E-state index in [4.69, 9.17) is 28.7 Å². The SMILES string of the molecule is CC(C)C[C@H](NC(=O)CNC(=O)[C@H](CCCN=C(N)N)NC(=O)[C@@H](N)CCCN=C(N)N)C(=O)O. The smallest absolute Gasteiger partial charge is 0.326 e. The van der Waals surface area contributed by atoms with Crippen molar-refractivity contribution in [2.24, 2.45) is 44.6 Å². The number of aliphatic carboxylic acids is 1. The summed E-state index contributed by atoms with van der Waals surface area (Å²) in [6.07, 6.45) is 1.49. The Balaban J connectivity index is 4.99. The summed E-state index contributed by atoms with van der Waals surface area (Å²) >= 11 is 0. The van der Waals surface area contributed by atoms with Gasteiger partial charge in [0, 0.05) is 13.1 Å². The number of carbonyl (C=O) groups excluding carboxylic acids is 3. The number of guanidine groups is 2. The first-order valence-electron chi connectivity index (χ1n) is 11.3. The summed E-state index contributed by atoms with van der Waals surface area (Å²) in [7, 11) is 0. The standard InChI is InChI=1S/C20H40N10O5/c1-11(2)9-14(18(34)35)29-15(31)10-28-17(33)13(6-4-8-27-20(24)25)30-16(32)12(21)5-3-7-26-19(22)23/h11-14H,3-10,21H2,1-2H3,(H,28,33)(H,29,31)(H,30,32)(H,34,35)(H4,22,23,26)(H4,24,25,27)/t12-,13-,14-/m0/s1. The van der Waals surface area contributed by atoms with Crippen LogP contribution < -0.4 is 44.6 Å². The number of hydrogen-bond donors (Lipinski definition) is 9. The third-order valence-electron chi connectivity index (χ3n) is 4.65. The van der Waals surface area contributed by atoms with Gasteiger partial charge in [-0.1, -0.05) is 13.8 Å². The van der Waals surface area contributed by atoms with Crippen LogP contribution in [0.1, 0.15) is 46.0 Å². The molecule has 0 aromatic heterocycles. The van der Waals surface area contributed by atoms with Crippen LogP contribution in [0.4, 0.5) is 0 Å². The van der Waals surface area contributed by atoms with Crippen molar-refractivity contribution in [2.75, 3.05) is 19.6 Å². The molecule has 200 valence electrons. The summed E-state index contributed by atoms with van der Waals surface area (Å²) in [5, 5.41) is 16.6. The van der Waals surface area contributed by atoms with E-state index in [1.54, 1.807) is 0 Å². The first-order chi connectivity index (χ1) is 16.3. The number of carbonyl (C=O) groups is 4. The van der Waals surface area contributed by atoms with E-state index in [1.165, 1.54) is 0 Å². The monoisotopic (exact) mass is 500 g/mol. The highest BCUT2D eigenvalue weighted by atomic mass is 16.4. The van der Waals surface area contributed by atoms with Gasteiger partial charge in [0.15, 0.2) is 11.9 Å². The highest BCUT2D eigenvalue weighted by Gasteiger charge is 2.25. The lowest BCUT2D eigenvalue weighted by molar-refractivity contribution is -0.142. The Hall–Kier alpha value is -3.62. The first kappa shape index (κ1) is 31.4. The van der Waals surface area contributed by atoms with Crippen molar-refractivity contribution >= 4 is 35.6 Å². The zero-order valence-electron chi connectivity index (χ0n) is 20.3. The summed E-state index contributed by atoms with van der Waals surface area (Å²) < 4.78 is 0. The minimum absolute atomic E-state index is 0.0412. The van der Waals surface area contributed by atoms with Gasteiger partial charge in [-0.3, -0.25) is 24.4 Å². The molecule has 0 saturated carbocycles. The van der Waals surface area contributed by atoms with Gasteiger partial charge in [-0.15, -0.1) is 0 Å². The van der Waals surface area contributed by atoms with E-state index in [2.05, 4.69) is 25.9 Å². The summed E-state index contributed by atoms with van der Waals surface area (Å²) in [5.74, 6) is -3.18. The van der Waals surface area contributed by atoms with Gasteiger partial charge < -0.3 is 49.7 Å². The molecule has 0 heterocycles. The van der Waals surface area contributed by atoms with Crippen LogP contribution in [0.15, 0.2) is 9.98 Å². The van der Waals surface area contributed by atoms with Crippen molar-refractivity contribution in [1.82, 2.24) is 16.0 Å². The van der Waals surface area contributed by atoms with Gasteiger partial charge in [-0.05, 0) is 38.0 Å². The summed E-state index contributed by atoms with van der Waals surface area (Å²) in [6.45, 7) is 3.71. The van der Waals surface area contributed by atoms with Gasteiger partial charge in [0.25, 0.3) is 0 Å². The van der Waals surface area contributed by atoms with Crippen LogP contribution in [-0.2, 0) is 19.2 Å². The predicted molar refractivity (Wildman–Crippen MR) is 132 cm³/mol. The van der Waals surface area contributed by atoms with Gasteiger partial charge in [0.2, 0.25) is 17.7 Å². The Bertz CT molecular complexity index is 763. The van der Waals surface area contributed by atoms with Crippen molar-refractivity contribution in [2.45, 2.75) is 64.1 Å². The fourth-order valence-corrected chi connectivity index (χ4v) is 2.93. The zero-order chi connectivity index (χ0) is 27.0. The van der Waals surface area contributed by atoms with Crippen molar-refractivity contribution in [3.63, 3.8) is 0 Å². The van der Waals surface area contributed by atoms with Crippen molar-refractivity contribution < 1.29 is 24.3 Å². The lowest BCUT2D eigenvalue weighted by Crippen LogP contribution is -2.53. The fraction of sp³-hybridized carbons (Fsp3) is 0.700. The van der Waals surface area contributed by atoms with Crippen LogP contribution in [0, 0.1) is 5.92 Å². The van der Waals surface area contributed by atoms with Gasteiger partial charge in [-0.2, -0.15) is 0 Å². The number of amides is 3. The Morgan fingerprint density at radius 3 is 1.86 bits per heavy atom. The summed E-state index contributed by atoms with van der Waals surface area (Å²) in [4.78, 5) is 56.3. The summed E-state index contributed by atoms with van der Waals surface area (Å²) in [5.41, 5.74) is 27.0. The zero-order valence-corrected chi connectivity index (χ0v) is 20.3. The Labute approximate surface area is 204 Å². The Kier molecular flexibility index (Phi) is 15.2. The number of nitrogens with one attached hydrogen (secondary N) is 3. The molecule has 14 N–H and O–H groups in total. The second-order valence-electron chi connectivity index (χ2n) is 8.37. The topological polar surface area (TPSA) is 279 Å². The van der Waals surface area contributed by atoms with Crippen LogP contribution >= 0.6 is 0 Å². The molecule has 3 amide bonds. The molecule has 0 saturated heterocycles. The molecule has 0 aliphatic rings. The fourth-order valence-electron chi connectivity index (χ4n) is 2.93. The van der Waals surface area contributed by atoms with Gasteiger partial charge in [0.05, 0.1) is 12.6 Å². The van der Waals surface area contributed by atoms with E-state index in [0.29, 0.717) is 19.4 Å². The van der Waals surface area contributed by atoms with E-state index >= 15 is 0 Å². The number of rotatable bonds is 17. The van der Waals surface area contributed by atoms with E-state index in [9.17, 15) is 24.3 Å². The van der Waals surface area contributed by atoms with Crippen molar-refractivity contribution in [3.8, 4) is 0 Å². The largest absolute Gasteiger partial charge is 0.480 e. The molecule has 0 aromatic rings. The number of carboxylic acid groups (broad SMARTS) is 1. The van der Waals surface area contributed by atoms with Gasteiger partial charge >= 0.3 is 5.97 Å². The molecule has 0 bridgehead atoms. The molecular formula is C20H40N10O5. The number of hydrogen-bond acceptors (Lipinski definition) is 7. The molecule has 0 rings (SSSR count). The molecule has 0 radical (unpaired) electrons. The molecule has 0 unspecified atom stereocenters. The van der Waals surface area contributed by atoms with Gasteiger partial charge in [0.1, 0.15) is 12.1 Å². The molecule has 15 heteroatoms. The molecule has 0 aliphatic carbocycles. The van der Waals surface area contributed by atoms with Crippen LogP contribution in [-0.4, -0.2) is 78.5 Å². The average molecular weight is 501 g/mol. The lowest BCUT2D eigenvalue weighted by Gasteiger charge is -2.21. The molecule has 0 fully saturated rings. The second kappa shape index (κ2) is 16.9. The Morgan fingerprint density at radius 2 is 1.37 bits per heavy atom. The van der Waals surface area contributed by atoms with Crippen molar-refractivity contribution in [3.05, 3.63) is 0 Å². The lowest BCUT2D eigenvalue weighted by atomic mass is 10.0. The number of nitrogens with two attached hydrogens (primary N) is 5. The normalized spacial score (nSPS) is 13.1. The minimum atomic E-state index is -1.17. The maximum Gasteiger partial charge on any atom is 0.326 e. The minimum Gasteiger partial charge on any atom is -0.480 e. The maximum absolute atomic E-state index is 12.7. The molecule has 3 atom stereocenters. The number of aliphatic imine (C=N–C) groups is 2.